The number of fused-ring (bicyclic) bond motifs is 1. The van der Waals surface area contributed by atoms with Crippen LogP contribution in [-0.2, 0) is 11.8 Å². The smallest absolute Gasteiger partial charge is 0.166 e. The first-order valence-corrected chi connectivity index (χ1v) is 10.8. The Kier molecular flexibility index (Phi) is 6.96. The van der Waals surface area contributed by atoms with Crippen molar-refractivity contribution in [2.24, 2.45) is 7.05 Å². The van der Waals surface area contributed by atoms with Crippen LogP contribution in [0.2, 0.25) is 0 Å². The first kappa shape index (κ1) is 21.5. The number of likely N-dealkylation sites (N-methyl/N-ethyl adjacent to an activating group) is 1. The lowest BCUT2D eigenvalue weighted by atomic mass is 10.1. The van der Waals surface area contributed by atoms with Gasteiger partial charge < -0.3 is 24.8 Å². The Labute approximate surface area is 183 Å². The van der Waals surface area contributed by atoms with Crippen LogP contribution in [0.4, 0.5) is 11.5 Å². The standard InChI is InChI=1S/C22H32N8O/c1-28(2)10-8-23-18-7-5-4-6-17(18)20-26-21(19-22(27-20)29(3)16-25-19)24-9-11-30-12-14-31-15-13-30/h4-7,16,23H,8-15H2,1-3H3,(H,24,26,27). The van der Waals surface area contributed by atoms with E-state index in [1.165, 1.54) is 0 Å². The summed E-state index contributed by atoms with van der Waals surface area (Å²) in [5.74, 6) is 1.47. The number of hydrogen-bond donors (Lipinski definition) is 2. The maximum absolute atomic E-state index is 5.44. The summed E-state index contributed by atoms with van der Waals surface area (Å²) >= 11 is 0. The van der Waals surface area contributed by atoms with Gasteiger partial charge in [0, 0.05) is 57.6 Å². The van der Waals surface area contributed by atoms with Gasteiger partial charge in [0.1, 0.15) is 5.52 Å². The summed E-state index contributed by atoms with van der Waals surface area (Å²) in [6.07, 6.45) is 1.79. The number of benzene rings is 1. The predicted octanol–water partition coefficient (Wildman–Crippen LogP) is 1.75. The van der Waals surface area contributed by atoms with Crippen molar-refractivity contribution in [3.8, 4) is 11.4 Å². The van der Waals surface area contributed by atoms with Gasteiger partial charge in [-0.15, -0.1) is 0 Å². The Balaban J connectivity index is 1.58. The van der Waals surface area contributed by atoms with Crippen molar-refractivity contribution in [3.05, 3.63) is 30.6 Å². The lowest BCUT2D eigenvalue weighted by molar-refractivity contribution is 0.0398. The third kappa shape index (κ3) is 5.30. The second-order valence-corrected chi connectivity index (χ2v) is 8.08. The predicted molar refractivity (Wildman–Crippen MR) is 125 cm³/mol. The topological polar surface area (TPSA) is 83.4 Å². The highest BCUT2D eigenvalue weighted by molar-refractivity contribution is 5.86. The zero-order valence-electron chi connectivity index (χ0n) is 18.6. The van der Waals surface area contributed by atoms with Crippen molar-refractivity contribution in [1.82, 2.24) is 29.3 Å². The molecule has 0 aliphatic carbocycles. The molecule has 0 bridgehead atoms. The fourth-order valence-corrected chi connectivity index (χ4v) is 3.65. The van der Waals surface area contributed by atoms with E-state index in [-0.39, 0.29) is 0 Å². The van der Waals surface area contributed by atoms with E-state index in [0.717, 1.165) is 80.7 Å². The zero-order valence-corrected chi connectivity index (χ0v) is 18.6. The molecule has 166 valence electrons. The third-order valence-electron chi connectivity index (χ3n) is 5.43. The molecule has 2 N–H and O–H groups in total. The van der Waals surface area contributed by atoms with Crippen LogP contribution in [0.3, 0.4) is 0 Å². The summed E-state index contributed by atoms with van der Waals surface area (Å²) in [5.41, 5.74) is 3.64. The summed E-state index contributed by atoms with van der Waals surface area (Å²) < 4.78 is 7.38. The van der Waals surface area contributed by atoms with Crippen LogP contribution in [0.5, 0.6) is 0 Å². The maximum atomic E-state index is 5.44. The minimum Gasteiger partial charge on any atom is -0.383 e. The monoisotopic (exact) mass is 424 g/mol. The number of anilines is 2. The molecule has 0 unspecified atom stereocenters. The van der Waals surface area contributed by atoms with Crippen molar-refractivity contribution >= 4 is 22.7 Å². The van der Waals surface area contributed by atoms with E-state index >= 15 is 0 Å². The molecule has 1 fully saturated rings. The molecule has 4 rings (SSSR count). The maximum Gasteiger partial charge on any atom is 0.166 e. The summed E-state index contributed by atoms with van der Waals surface area (Å²) in [4.78, 5) is 18.8. The van der Waals surface area contributed by atoms with E-state index in [1.54, 1.807) is 6.33 Å². The van der Waals surface area contributed by atoms with E-state index in [2.05, 4.69) is 51.6 Å². The van der Waals surface area contributed by atoms with Crippen LogP contribution in [-0.4, -0.2) is 95.9 Å². The van der Waals surface area contributed by atoms with Crippen LogP contribution in [0.1, 0.15) is 0 Å². The molecule has 1 aliphatic heterocycles. The Bertz CT molecular complexity index is 996. The number of nitrogens with one attached hydrogen (secondary N) is 2. The molecule has 0 amide bonds. The van der Waals surface area contributed by atoms with Gasteiger partial charge in [0.05, 0.1) is 19.5 Å². The third-order valence-corrected chi connectivity index (χ3v) is 5.43. The largest absolute Gasteiger partial charge is 0.383 e. The minimum absolute atomic E-state index is 0.693. The molecule has 9 nitrogen and oxygen atoms in total. The molecule has 31 heavy (non-hydrogen) atoms. The van der Waals surface area contributed by atoms with Gasteiger partial charge in [0.25, 0.3) is 0 Å². The number of aromatic nitrogens is 4. The average molecular weight is 425 g/mol. The van der Waals surface area contributed by atoms with Crippen molar-refractivity contribution < 1.29 is 4.74 Å². The molecule has 0 spiro atoms. The molecule has 0 atom stereocenters. The number of rotatable bonds is 9. The van der Waals surface area contributed by atoms with Gasteiger partial charge in [-0.25, -0.2) is 15.0 Å². The molecule has 1 aromatic carbocycles. The Morgan fingerprint density at radius 2 is 1.87 bits per heavy atom. The highest BCUT2D eigenvalue weighted by Crippen LogP contribution is 2.28. The highest BCUT2D eigenvalue weighted by atomic mass is 16.5. The summed E-state index contributed by atoms with van der Waals surface area (Å²) in [7, 11) is 6.11. The molecular weight excluding hydrogens is 392 g/mol. The van der Waals surface area contributed by atoms with E-state index < -0.39 is 0 Å². The van der Waals surface area contributed by atoms with Crippen molar-refractivity contribution in [1.29, 1.82) is 0 Å². The van der Waals surface area contributed by atoms with Crippen molar-refractivity contribution in [3.63, 3.8) is 0 Å². The number of imidazole rings is 1. The lowest BCUT2D eigenvalue weighted by Gasteiger charge is -2.26. The second kappa shape index (κ2) is 10.0. The van der Waals surface area contributed by atoms with E-state index in [0.29, 0.717) is 5.82 Å². The van der Waals surface area contributed by atoms with Crippen LogP contribution in [0.15, 0.2) is 30.6 Å². The lowest BCUT2D eigenvalue weighted by Crippen LogP contribution is -2.39. The van der Waals surface area contributed by atoms with Crippen molar-refractivity contribution in [2.75, 3.05) is 77.2 Å². The average Bonchev–Trinajstić information content (AvgIpc) is 3.15. The zero-order chi connectivity index (χ0) is 21.6. The van der Waals surface area contributed by atoms with E-state index in [9.17, 15) is 0 Å². The molecule has 0 saturated carbocycles. The van der Waals surface area contributed by atoms with Gasteiger partial charge in [0.2, 0.25) is 0 Å². The molecular formula is C22H32N8O. The van der Waals surface area contributed by atoms with Gasteiger partial charge in [-0.05, 0) is 26.2 Å². The SMILES string of the molecule is CN(C)CCNc1ccccc1-c1nc(NCCN2CCOCC2)c2ncn(C)c2n1. The fourth-order valence-electron chi connectivity index (χ4n) is 3.65. The second-order valence-electron chi connectivity index (χ2n) is 8.08. The Morgan fingerprint density at radius 3 is 2.68 bits per heavy atom. The van der Waals surface area contributed by atoms with Gasteiger partial charge in [-0.1, -0.05) is 12.1 Å². The molecule has 0 radical (unpaired) electrons. The molecule has 9 heteroatoms. The number of nitrogens with zero attached hydrogens (tertiary/aromatic N) is 6. The van der Waals surface area contributed by atoms with Gasteiger partial charge >= 0.3 is 0 Å². The summed E-state index contributed by atoms with van der Waals surface area (Å²) in [6.45, 7) is 7.10. The highest BCUT2D eigenvalue weighted by Gasteiger charge is 2.16. The Hall–Kier alpha value is -2.75. The fraction of sp³-hybridized carbons (Fsp3) is 0.500. The number of hydrogen-bond acceptors (Lipinski definition) is 8. The first-order chi connectivity index (χ1) is 15.1. The summed E-state index contributed by atoms with van der Waals surface area (Å²) in [6, 6.07) is 8.20. The summed E-state index contributed by atoms with van der Waals surface area (Å²) in [5, 5.41) is 7.02. The molecule has 2 aromatic heterocycles. The first-order valence-electron chi connectivity index (χ1n) is 10.8. The normalized spacial score (nSPS) is 15.0. The van der Waals surface area contributed by atoms with Crippen LogP contribution in [0, 0.1) is 0 Å². The quantitative estimate of drug-likeness (QED) is 0.538. The van der Waals surface area contributed by atoms with E-state index in [1.807, 2.05) is 23.7 Å². The Morgan fingerprint density at radius 1 is 1.06 bits per heavy atom. The van der Waals surface area contributed by atoms with Gasteiger partial charge in [-0.2, -0.15) is 0 Å². The molecule has 3 heterocycles. The number of morpholine rings is 1. The molecule has 1 saturated heterocycles. The number of para-hydroxylation sites is 1. The van der Waals surface area contributed by atoms with Gasteiger partial charge in [-0.3, -0.25) is 4.90 Å². The minimum atomic E-state index is 0.693. The van der Waals surface area contributed by atoms with Crippen LogP contribution < -0.4 is 10.6 Å². The number of aryl methyl sites for hydroxylation is 1. The molecule has 1 aliphatic rings. The van der Waals surface area contributed by atoms with Crippen LogP contribution in [0.25, 0.3) is 22.6 Å². The molecule has 3 aromatic rings. The number of ether oxygens (including phenoxy) is 1. The van der Waals surface area contributed by atoms with E-state index in [4.69, 9.17) is 14.7 Å². The van der Waals surface area contributed by atoms with Gasteiger partial charge in [0.15, 0.2) is 17.3 Å². The van der Waals surface area contributed by atoms with Crippen molar-refractivity contribution in [2.45, 2.75) is 0 Å². The van der Waals surface area contributed by atoms with Crippen LogP contribution >= 0.6 is 0 Å².